The topological polar surface area (TPSA) is 82.8 Å². The number of nitrogens with zero attached hydrogens (tertiary/aromatic N) is 2. The van der Waals surface area contributed by atoms with E-state index in [1.807, 2.05) is 48.6 Å². The number of rotatable bonds is 19. The Morgan fingerprint density at radius 2 is 1.02 bits per heavy atom. The van der Waals surface area contributed by atoms with Crippen molar-refractivity contribution in [2.45, 2.75) is 65.2 Å². The van der Waals surface area contributed by atoms with Crippen molar-refractivity contribution in [2.75, 3.05) is 18.1 Å². The molecule has 0 aliphatic heterocycles. The number of carboxylic acid groups (broad SMARTS) is 1. The normalized spacial score (nSPS) is 11.3. The van der Waals surface area contributed by atoms with Gasteiger partial charge in [-0.3, -0.25) is 0 Å². The van der Waals surface area contributed by atoms with Gasteiger partial charge in [-0.15, -0.1) is 0 Å². The first-order chi connectivity index (χ1) is 23.5. The molecule has 0 aromatic heterocycles. The maximum Gasteiger partial charge on any atom is 0.346 e. The van der Waals surface area contributed by atoms with Crippen LogP contribution in [0, 0.1) is 11.3 Å². The minimum Gasteiger partial charge on any atom is -0.494 e. The van der Waals surface area contributed by atoms with Gasteiger partial charge in [0, 0.05) is 17.1 Å². The lowest BCUT2D eigenvalue weighted by Crippen LogP contribution is -2.10. The molecule has 0 bridgehead atoms. The second kappa shape index (κ2) is 19.4. The van der Waals surface area contributed by atoms with Gasteiger partial charge in [0.2, 0.25) is 0 Å². The molecule has 6 heteroatoms. The van der Waals surface area contributed by atoms with Crippen molar-refractivity contribution in [3.05, 3.63) is 119 Å². The van der Waals surface area contributed by atoms with E-state index in [0.717, 1.165) is 65.7 Å². The molecule has 0 aliphatic carbocycles. The zero-order valence-corrected chi connectivity index (χ0v) is 28.1. The molecule has 1 N–H and O–H groups in total. The molecule has 4 aromatic rings. The van der Waals surface area contributed by atoms with Gasteiger partial charge in [0.25, 0.3) is 0 Å². The minimum absolute atomic E-state index is 0.295. The average molecular weight is 643 g/mol. The lowest BCUT2D eigenvalue weighted by molar-refractivity contribution is -0.132. The number of carbonyl (C=O) groups is 1. The fourth-order valence-electron chi connectivity index (χ4n) is 5.21. The number of anilines is 3. The molecule has 0 unspecified atom stereocenters. The zero-order chi connectivity index (χ0) is 34.0. The summed E-state index contributed by atoms with van der Waals surface area (Å²) in [6.07, 6.45) is 14.8. The third kappa shape index (κ3) is 11.2. The van der Waals surface area contributed by atoms with Crippen LogP contribution in [0.25, 0.3) is 18.2 Å². The second-order valence-corrected chi connectivity index (χ2v) is 11.7. The first-order valence-electron chi connectivity index (χ1n) is 17.0. The molecule has 4 aromatic carbocycles. The summed E-state index contributed by atoms with van der Waals surface area (Å²) in [4.78, 5) is 13.3. The molecule has 0 heterocycles. The molecule has 248 valence electrons. The lowest BCUT2D eigenvalue weighted by Gasteiger charge is -2.26. The smallest absolute Gasteiger partial charge is 0.346 e. The molecule has 0 saturated heterocycles. The van der Waals surface area contributed by atoms with Crippen molar-refractivity contribution in [2.24, 2.45) is 0 Å². The van der Waals surface area contributed by atoms with E-state index in [-0.39, 0.29) is 5.57 Å². The second-order valence-electron chi connectivity index (χ2n) is 11.7. The van der Waals surface area contributed by atoms with Crippen LogP contribution in [0.4, 0.5) is 17.1 Å². The van der Waals surface area contributed by atoms with E-state index in [9.17, 15) is 4.79 Å². The Labute approximate surface area is 285 Å². The minimum atomic E-state index is -1.23. The number of ether oxygens (including phenoxy) is 2. The maximum atomic E-state index is 11.1. The van der Waals surface area contributed by atoms with Crippen LogP contribution in [0.3, 0.4) is 0 Å². The molecule has 4 rings (SSSR count). The van der Waals surface area contributed by atoms with Crippen molar-refractivity contribution in [3.8, 4) is 17.6 Å². The van der Waals surface area contributed by atoms with Crippen molar-refractivity contribution < 1.29 is 19.4 Å². The summed E-state index contributed by atoms with van der Waals surface area (Å²) in [6, 6.07) is 34.0. The molecule has 0 aliphatic rings. The van der Waals surface area contributed by atoms with Gasteiger partial charge in [-0.1, -0.05) is 101 Å². The van der Waals surface area contributed by atoms with Crippen LogP contribution < -0.4 is 14.4 Å². The Bertz CT molecular complexity index is 1590. The van der Waals surface area contributed by atoms with Gasteiger partial charge in [-0.2, -0.15) is 5.26 Å². The highest BCUT2D eigenvalue weighted by Gasteiger charge is 2.13. The number of benzene rings is 4. The van der Waals surface area contributed by atoms with E-state index in [2.05, 4.69) is 67.3 Å². The van der Waals surface area contributed by atoms with Crippen molar-refractivity contribution in [1.82, 2.24) is 0 Å². The Kier molecular flexibility index (Phi) is 14.4. The number of nitriles is 1. The molecule has 0 spiro atoms. The molecule has 0 amide bonds. The number of hydrogen-bond acceptors (Lipinski definition) is 5. The van der Waals surface area contributed by atoms with E-state index in [4.69, 9.17) is 19.8 Å². The van der Waals surface area contributed by atoms with Crippen LogP contribution in [0.1, 0.15) is 81.9 Å². The number of carboxylic acids is 1. The van der Waals surface area contributed by atoms with Gasteiger partial charge in [0.05, 0.1) is 13.2 Å². The molecule has 6 nitrogen and oxygen atoms in total. The van der Waals surface area contributed by atoms with Crippen molar-refractivity contribution in [3.63, 3.8) is 0 Å². The standard InChI is InChI=1S/C42H46N2O4/c1-3-5-7-9-29-47-40-25-21-38(22-26-40)44(39-23-27-41(28-24-39)48-30-10-8-6-4-2)37-19-17-34(18-20-37)12-11-33-13-15-35(16-14-33)31-36(32-43)42(45)46/h11-28,31H,3-10,29-30H2,1-2H3,(H,45,46)/b12-11+,36-31-. The van der Waals surface area contributed by atoms with Crippen molar-refractivity contribution in [1.29, 1.82) is 5.26 Å². The molecular formula is C42H46N2O4. The van der Waals surface area contributed by atoms with E-state index in [0.29, 0.717) is 5.56 Å². The maximum absolute atomic E-state index is 11.1. The largest absolute Gasteiger partial charge is 0.494 e. The summed E-state index contributed by atoms with van der Waals surface area (Å²) in [5, 5.41) is 18.1. The quantitative estimate of drug-likeness (QED) is 0.0474. The predicted octanol–water partition coefficient (Wildman–Crippen LogP) is 11.2. The Morgan fingerprint density at radius 1 is 0.625 bits per heavy atom. The summed E-state index contributed by atoms with van der Waals surface area (Å²) >= 11 is 0. The molecular weight excluding hydrogens is 596 g/mol. The zero-order valence-electron chi connectivity index (χ0n) is 28.1. The Morgan fingerprint density at radius 3 is 1.42 bits per heavy atom. The van der Waals surface area contributed by atoms with Gasteiger partial charge >= 0.3 is 5.97 Å². The van der Waals surface area contributed by atoms with Gasteiger partial charge in [0.1, 0.15) is 23.1 Å². The van der Waals surface area contributed by atoms with Gasteiger partial charge in [0.15, 0.2) is 0 Å². The number of hydrogen-bond donors (Lipinski definition) is 1. The third-order valence-corrected chi connectivity index (χ3v) is 7.94. The molecule has 48 heavy (non-hydrogen) atoms. The fourth-order valence-corrected chi connectivity index (χ4v) is 5.21. The van der Waals surface area contributed by atoms with E-state index >= 15 is 0 Å². The first kappa shape index (κ1) is 35.6. The van der Waals surface area contributed by atoms with Gasteiger partial charge in [-0.25, -0.2) is 4.79 Å². The molecule has 0 fully saturated rings. The van der Waals surface area contributed by atoms with Crippen LogP contribution in [0.5, 0.6) is 11.5 Å². The summed E-state index contributed by atoms with van der Waals surface area (Å²) in [7, 11) is 0. The predicted molar refractivity (Wildman–Crippen MR) is 197 cm³/mol. The van der Waals surface area contributed by atoms with Crippen LogP contribution >= 0.6 is 0 Å². The third-order valence-electron chi connectivity index (χ3n) is 7.94. The summed E-state index contributed by atoms with van der Waals surface area (Å²) < 4.78 is 12.0. The fraction of sp³-hybridized carbons (Fsp3) is 0.286. The average Bonchev–Trinajstić information content (AvgIpc) is 3.12. The summed E-state index contributed by atoms with van der Waals surface area (Å²) in [6.45, 7) is 5.88. The van der Waals surface area contributed by atoms with Crippen LogP contribution in [-0.2, 0) is 4.79 Å². The molecule has 0 radical (unpaired) electrons. The number of aliphatic carboxylic acids is 1. The highest BCUT2D eigenvalue weighted by atomic mass is 16.5. The Hall–Kier alpha value is -5.28. The molecule has 0 saturated carbocycles. The summed E-state index contributed by atoms with van der Waals surface area (Å²) in [5.41, 5.74) is 5.45. The lowest BCUT2D eigenvalue weighted by atomic mass is 10.1. The highest BCUT2D eigenvalue weighted by molar-refractivity contribution is 5.96. The van der Waals surface area contributed by atoms with Crippen LogP contribution in [0.15, 0.2) is 103 Å². The first-order valence-corrected chi connectivity index (χ1v) is 17.0. The SMILES string of the molecule is CCCCCCOc1ccc(N(c2ccc(/C=C/c3ccc(/C=C(/C#N)C(=O)O)cc3)cc2)c2ccc(OCCCCCC)cc2)cc1. The summed E-state index contributed by atoms with van der Waals surface area (Å²) in [5.74, 6) is 0.514. The highest BCUT2D eigenvalue weighted by Crippen LogP contribution is 2.36. The number of unbranched alkanes of at least 4 members (excludes halogenated alkanes) is 6. The van der Waals surface area contributed by atoms with Crippen molar-refractivity contribution >= 4 is 41.3 Å². The monoisotopic (exact) mass is 642 g/mol. The van der Waals surface area contributed by atoms with Gasteiger partial charge in [-0.05, 0) is 96.3 Å². The van der Waals surface area contributed by atoms with Crippen LogP contribution in [0.2, 0.25) is 0 Å². The van der Waals surface area contributed by atoms with Crippen LogP contribution in [-0.4, -0.2) is 24.3 Å². The van der Waals surface area contributed by atoms with Gasteiger partial charge < -0.3 is 19.5 Å². The van der Waals surface area contributed by atoms with E-state index < -0.39 is 5.97 Å². The van der Waals surface area contributed by atoms with E-state index in [1.165, 1.54) is 44.6 Å². The Balaban J connectivity index is 1.50. The van der Waals surface area contributed by atoms with E-state index in [1.54, 1.807) is 18.2 Å². The molecule has 0 atom stereocenters.